The molecule has 0 heterocycles. The van der Waals surface area contributed by atoms with Crippen molar-refractivity contribution in [3.63, 3.8) is 0 Å². The van der Waals surface area contributed by atoms with Crippen LogP contribution in [0.15, 0.2) is 11.8 Å². The van der Waals surface area contributed by atoms with Crippen LogP contribution in [-0.4, -0.2) is 19.0 Å². The summed E-state index contributed by atoms with van der Waals surface area (Å²) >= 11 is 0. The number of ether oxygens (including phenoxy) is 1. The molecule has 0 aliphatic rings. The summed E-state index contributed by atoms with van der Waals surface area (Å²) in [5.41, 5.74) is 0.635. The molecule has 0 saturated heterocycles. The molecule has 0 aromatic carbocycles. The lowest BCUT2D eigenvalue weighted by molar-refractivity contribution is -0.134. The standard InChI is InChI=1S/C11H19NO3/c1-4-6-7-9(8-11(14)15-3)12-10(13)5-2/h8H,4-7H2,1-3H3,(H,12,13). The van der Waals surface area contributed by atoms with E-state index in [1.807, 2.05) is 0 Å². The van der Waals surface area contributed by atoms with Gasteiger partial charge in [-0.1, -0.05) is 20.3 Å². The van der Waals surface area contributed by atoms with Crippen LogP contribution in [0.4, 0.5) is 0 Å². The van der Waals surface area contributed by atoms with Gasteiger partial charge in [0.1, 0.15) is 0 Å². The van der Waals surface area contributed by atoms with Crippen molar-refractivity contribution in [2.24, 2.45) is 0 Å². The normalized spacial score (nSPS) is 11.0. The number of unbranched alkanes of at least 4 members (excludes halogenated alkanes) is 1. The zero-order chi connectivity index (χ0) is 11.7. The number of nitrogens with one attached hydrogen (secondary N) is 1. The molecule has 0 aliphatic carbocycles. The van der Waals surface area contributed by atoms with Gasteiger partial charge < -0.3 is 10.1 Å². The third-order valence-electron chi connectivity index (χ3n) is 1.91. The second-order valence-corrected chi connectivity index (χ2v) is 3.20. The lowest BCUT2D eigenvalue weighted by Gasteiger charge is -2.07. The quantitative estimate of drug-likeness (QED) is 0.540. The van der Waals surface area contributed by atoms with Crippen molar-refractivity contribution in [3.05, 3.63) is 11.8 Å². The molecule has 15 heavy (non-hydrogen) atoms. The van der Waals surface area contributed by atoms with E-state index in [4.69, 9.17) is 0 Å². The van der Waals surface area contributed by atoms with Gasteiger partial charge in [0.25, 0.3) is 0 Å². The van der Waals surface area contributed by atoms with Crippen molar-refractivity contribution < 1.29 is 14.3 Å². The highest BCUT2D eigenvalue weighted by Crippen LogP contribution is 2.04. The Morgan fingerprint density at radius 2 is 2.00 bits per heavy atom. The van der Waals surface area contributed by atoms with Gasteiger partial charge in [0, 0.05) is 18.2 Å². The molecule has 0 saturated carbocycles. The lowest BCUT2D eigenvalue weighted by atomic mass is 10.2. The van der Waals surface area contributed by atoms with Crippen LogP contribution >= 0.6 is 0 Å². The van der Waals surface area contributed by atoms with E-state index < -0.39 is 5.97 Å². The molecule has 0 unspecified atom stereocenters. The summed E-state index contributed by atoms with van der Waals surface area (Å²) in [4.78, 5) is 22.2. The van der Waals surface area contributed by atoms with Crippen molar-refractivity contribution in [1.29, 1.82) is 0 Å². The molecule has 0 rings (SSSR count). The summed E-state index contributed by atoms with van der Waals surface area (Å²) in [6, 6.07) is 0. The Kier molecular flexibility index (Phi) is 7.32. The zero-order valence-corrected chi connectivity index (χ0v) is 9.63. The fourth-order valence-electron chi connectivity index (χ4n) is 1.01. The fraction of sp³-hybridized carbons (Fsp3) is 0.636. The summed E-state index contributed by atoms with van der Waals surface area (Å²) in [7, 11) is 1.32. The molecule has 1 N–H and O–H groups in total. The Balaban J connectivity index is 4.35. The summed E-state index contributed by atoms with van der Waals surface area (Å²) in [5.74, 6) is -0.515. The average molecular weight is 213 g/mol. The van der Waals surface area contributed by atoms with E-state index in [0.29, 0.717) is 18.5 Å². The molecule has 0 bridgehead atoms. The molecule has 0 aliphatic heterocycles. The molecule has 1 amide bonds. The first-order chi connectivity index (χ1) is 7.13. The maximum atomic E-state index is 11.2. The maximum Gasteiger partial charge on any atom is 0.332 e. The zero-order valence-electron chi connectivity index (χ0n) is 9.63. The minimum atomic E-state index is -0.433. The van der Waals surface area contributed by atoms with Gasteiger partial charge >= 0.3 is 5.97 Å². The van der Waals surface area contributed by atoms with Crippen LogP contribution < -0.4 is 5.32 Å². The number of carbonyl (C=O) groups is 2. The third-order valence-corrected chi connectivity index (χ3v) is 1.91. The number of carbonyl (C=O) groups excluding carboxylic acids is 2. The molecule has 0 atom stereocenters. The topological polar surface area (TPSA) is 55.4 Å². The van der Waals surface area contributed by atoms with Crippen molar-refractivity contribution >= 4 is 11.9 Å². The van der Waals surface area contributed by atoms with Crippen molar-refractivity contribution in [1.82, 2.24) is 5.32 Å². The minimum Gasteiger partial charge on any atom is -0.466 e. The predicted octanol–water partition coefficient (Wildman–Crippen LogP) is 1.76. The molecule has 4 nitrogen and oxygen atoms in total. The molecule has 0 radical (unpaired) electrons. The minimum absolute atomic E-state index is 0.0822. The smallest absolute Gasteiger partial charge is 0.332 e. The highest BCUT2D eigenvalue weighted by atomic mass is 16.5. The van der Waals surface area contributed by atoms with E-state index in [-0.39, 0.29) is 5.91 Å². The van der Waals surface area contributed by atoms with Crippen LogP contribution in [0, 0.1) is 0 Å². The summed E-state index contributed by atoms with van der Waals surface area (Å²) in [5, 5.41) is 2.69. The van der Waals surface area contributed by atoms with Crippen LogP contribution in [0.5, 0.6) is 0 Å². The van der Waals surface area contributed by atoms with E-state index in [9.17, 15) is 9.59 Å². The second kappa shape index (κ2) is 8.03. The largest absolute Gasteiger partial charge is 0.466 e. The lowest BCUT2D eigenvalue weighted by Crippen LogP contribution is -2.22. The number of hydrogen-bond acceptors (Lipinski definition) is 3. The van der Waals surface area contributed by atoms with Crippen LogP contribution in [0.3, 0.4) is 0 Å². The van der Waals surface area contributed by atoms with Crippen LogP contribution in [0.25, 0.3) is 0 Å². The first-order valence-corrected chi connectivity index (χ1v) is 5.22. The fourth-order valence-corrected chi connectivity index (χ4v) is 1.01. The number of allylic oxidation sites excluding steroid dienone is 1. The van der Waals surface area contributed by atoms with Crippen LogP contribution in [0.2, 0.25) is 0 Å². The van der Waals surface area contributed by atoms with Gasteiger partial charge in [0.15, 0.2) is 0 Å². The number of hydrogen-bond donors (Lipinski definition) is 1. The number of amides is 1. The maximum absolute atomic E-state index is 11.2. The summed E-state index contributed by atoms with van der Waals surface area (Å²) < 4.78 is 4.51. The Hall–Kier alpha value is -1.32. The Labute approximate surface area is 90.7 Å². The van der Waals surface area contributed by atoms with E-state index in [1.54, 1.807) is 6.92 Å². The predicted molar refractivity (Wildman–Crippen MR) is 58.1 cm³/mol. The summed E-state index contributed by atoms with van der Waals surface area (Å²) in [6.07, 6.45) is 4.39. The highest BCUT2D eigenvalue weighted by molar-refractivity contribution is 5.84. The monoisotopic (exact) mass is 213 g/mol. The molecular formula is C11H19NO3. The molecule has 0 fully saturated rings. The Bertz CT molecular complexity index is 246. The first kappa shape index (κ1) is 13.7. The molecule has 86 valence electrons. The van der Waals surface area contributed by atoms with E-state index in [0.717, 1.165) is 12.8 Å². The van der Waals surface area contributed by atoms with Gasteiger partial charge in [0.05, 0.1) is 7.11 Å². The first-order valence-electron chi connectivity index (χ1n) is 5.22. The van der Waals surface area contributed by atoms with E-state index >= 15 is 0 Å². The van der Waals surface area contributed by atoms with Gasteiger partial charge in [-0.2, -0.15) is 0 Å². The van der Waals surface area contributed by atoms with Gasteiger partial charge in [0.2, 0.25) is 5.91 Å². The molecule has 4 heteroatoms. The molecule has 0 spiro atoms. The van der Waals surface area contributed by atoms with Crippen LogP contribution in [0.1, 0.15) is 39.5 Å². The molecular weight excluding hydrogens is 194 g/mol. The summed E-state index contributed by atoms with van der Waals surface area (Å²) in [6.45, 7) is 3.82. The van der Waals surface area contributed by atoms with Gasteiger partial charge in [-0.25, -0.2) is 4.79 Å². The number of rotatable bonds is 6. The second-order valence-electron chi connectivity index (χ2n) is 3.20. The Morgan fingerprint density at radius 1 is 1.33 bits per heavy atom. The van der Waals surface area contributed by atoms with Crippen molar-refractivity contribution in [2.75, 3.05) is 7.11 Å². The Morgan fingerprint density at radius 3 is 2.47 bits per heavy atom. The molecule has 0 aromatic rings. The van der Waals surface area contributed by atoms with E-state index in [1.165, 1.54) is 13.2 Å². The number of methoxy groups -OCH3 is 1. The molecule has 0 aromatic heterocycles. The van der Waals surface area contributed by atoms with Gasteiger partial charge in [-0.3, -0.25) is 4.79 Å². The third kappa shape index (κ3) is 6.71. The van der Waals surface area contributed by atoms with E-state index in [2.05, 4.69) is 17.0 Å². The van der Waals surface area contributed by atoms with Crippen molar-refractivity contribution in [2.45, 2.75) is 39.5 Å². The average Bonchev–Trinajstić information content (AvgIpc) is 2.25. The SMILES string of the molecule is CCCCC(=CC(=O)OC)NC(=O)CC. The van der Waals surface area contributed by atoms with Crippen molar-refractivity contribution in [3.8, 4) is 0 Å². The van der Waals surface area contributed by atoms with Crippen LogP contribution in [-0.2, 0) is 14.3 Å². The highest BCUT2D eigenvalue weighted by Gasteiger charge is 2.04. The van der Waals surface area contributed by atoms with Gasteiger partial charge in [-0.15, -0.1) is 0 Å². The van der Waals surface area contributed by atoms with Gasteiger partial charge in [-0.05, 0) is 12.8 Å². The number of esters is 1.